The van der Waals surface area contributed by atoms with Gasteiger partial charge in [0.15, 0.2) is 0 Å². The predicted octanol–water partition coefficient (Wildman–Crippen LogP) is 2.09. The van der Waals surface area contributed by atoms with Crippen LogP contribution in [0.1, 0.15) is 51.4 Å². The molecule has 100 valence electrons. The normalized spacial score (nSPS) is 24.5. The van der Waals surface area contributed by atoms with Crippen molar-refractivity contribution in [3.05, 3.63) is 0 Å². The first kappa shape index (κ1) is 13.3. The molecule has 2 N–H and O–H groups in total. The molecule has 17 heavy (non-hydrogen) atoms. The third-order valence-electron chi connectivity index (χ3n) is 3.96. The van der Waals surface area contributed by atoms with Gasteiger partial charge in [-0.3, -0.25) is 0 Å². The zero-order valence-corrected chi connectivity index (χ0v) is 10.9. The fourth-order valence-electron chi connectivity index (χ4n) is 2.56. The van der Waals surface area contributed by atoms with Gasteiger partial charge in [-0.25, -0.2) is 0 Å². The van der Waals surface area contributed by atoms with Gasteiger partial charge in [0.25, 0.3) is 0 Å². The summed E-state index contributed by atoms with van der Waals surface area (Å²) in [5.74, 6) is 0.848. The monoisotopic (exact) mass is 241 g/mol. The van der Waals surface area contributed by atoms with Crippen molar-refractivity contribution in [3.8, 4) is 0 Å². The maximum absolute atomic E-state index is 10.4. The molecule has 0 aliphatic heterocycles. The molecule has 0 saturated heterocycles. The fraction of sp³-hybridized carbons (Fsp3) is 1.00. The van der Waals surface area contributed by atoms with Crippen LogP contribution in [0.15, 0.2) is 0 Å². The van der Waals surface area contributed by atoms with Gasteiger partial charge in [0.2, 0.25) is 0 Å². The second-order valence-electron chi connectivity index (χ2n) is 5.83. The van der Waals surface area contributed by atoms with E-state index in [4.69, 9.17) is 4.74 Å². The van der Waals surface area contributed by atoms with Crippen LogP contribution in [-0.2, 0) is 4.74 Å². The van der Waals surface area contributed by atoms with Crippen LogP contribution in [0.25, 0.3) is 0 Å². The summed E-state index contributed by atoms with van der Waals surface area (Å²) in [5.41, 5.74) is -0.451. The summed E-state index contributed by atoms with van der Waals surface area (Å²) in [4.78, 5) is 0. The van der Waals surface area contributed by atoms with E-state index in [0.29, 0.717) is 0 Å². The zero-order chi connectivity index (χ0) is 12.0. The van der Waals surface area contributed by atoms with Gasteiger partial charge in [0.1, 0.15) is 0 Å². The van der Waals surface area contributed by atoms with Crippen molar-refractivity contribution in [1.82, 2.24) is 5.32 Å². The van der Waals surface area contributed by atoms with E-state index in [1.165, 1.54) is 38.5 Å². The molecular weight excluding hydrogens is 214 g/mol. The molecular formula is C14H27NO2. The number of aliphatic hydroxyl groups is 1. The van der Waals surface area contributed by atoms with Crippen LogP contribution in [0.5, 0.6) is 0 Å². The standard InChI is InChI=1S/C14H27NO2/c16-14(7-3-1-2-4-8-14)12-15-9-10-17-11-13-5-6-13/h13,15-16H,1-12H2. The lowest BCUT2D eigenvalue weighted by Gasteiger charge is -2.26. The van der Waals surface area contributed by atoms with Crippen molar-refractivity contribution in [1.29, 1.82) is 0 Å². The quantitative estimate of drug-likeness (QED) is 0.530. The summed E-state index contributed by atoms with van der Waals surface area (Å²) < 4.78 is 5.56. The molecule has 0 amide bonds. The van der Waals surface area contributed by atoms with Crippen LogP contribution in [0.2, 0.25) is 0 Å². The van der Waals surface area contributed by atoms with Gasteiger partial charge >= 0.3 is 0 Å². The van der Waals surface area contributed by atoms with Gasteiger partial charge < -0.3 is 15.2 Å². The lowest BCUT2D eigenvalue weighted by atomic mass is 9.94. The largest absolute Gasteiger partial charge is 0.389 e. The highest BCUT2D eigenvalue weighted by Crippen LogP contribution is 2.28. The van der Waals surface area contributed by atoms with Crippen molar-refractivity contribution in [2.24, 2.45) is 5.92 Å². The number of nitrogens with one attached hydrogen (secondary N) is 1. The minimum Gasteiger partial charge on any atom is -0.389 e. The summed E-state index contributed by atoms with van der Waals surface area (Å²) in [6, 6.07) is 0. The maximum atomic E-state index is 10.4. The van der Waals surface area contributed by atoms with Crippen molar-refractivity contribution in [2.75, 3.05) is 26.3 Å². The molecule has 3 heteroatoms. The molecule has 2 saturated carbocycles. The summed E-state index contributed by atoms with van der Waals surface area (Å²) in [5, 5.41) is 13.7. The average Bonchev–Trinajstić information content (AvgIpc) is 3.12. The molecule has 0 spiro atoms. The van der Waals surface area contributed by atoms with Crippen LogP contribution in [0.3, 0.4) is 0 Å². The van der Waals surface area contributed by atoms with Crippen LogP contribution < -0.4 is 5.32 Å². The van der Waals surface area contributed by atoms with E-state index < -0.39 is 5.60 Å². The summed E-state index contributed by atoms with van der Waals surface area (Å²) in [6.07, 6.45) is 9.55. The van der Waals surface area contributed by atoms with Crippen molar-refractivity contribution >= 4 is 0 Å². The van der Waals surface area contributed by atoms with E-state index in [2.05, 4.69) is 5.32 Å². The fourth-order valence-corrected chi connectivity index (χ4v) is 2.56. The maximum Gasteiger partial charge on any atom is 0.0771 e. The summed E-state index contributed by atoms with van der Waals surface area (Å²) in [7, 11) is 0. The molecule has 0 aromatic carbocycles. The topological polar surface area (TPSA) is 41.5 Å². The molecule has 2 aliphatic rings. The highest BCUT2D eigenvalue weighted by atomic mass is 16.5. The number of rotatable bonds is 7. The second kappa shape index (κ2) is 6.72. The van der Waals surface area contributed by atoms with Crippen LogP contribution in [0.4, 0.5) is 0 Å². The molecule has 0 aromatic heterocycles. The van der Waals surface area contributed by atoms with Gasteiger partial charge in [-0.2, -0.15) is 0 Å². The van der Waals surface area contributed by atoms with E-state index in [9.17, 15) is 5.11 Å². The third-order valence-corrected chi connectivity index (χ3v) is 3.96. The van der Waals surface area contributed by atoms with E-state index in [1.807, 2.05) is 0 Å². The molecule has 0 bridgehead atoms. The Morgan fingerprint density at radius 1 is 1.12 bits per heavy atom. The van der Waals surface area contributed by atoms with Crippen LogP contribution >= 0.6 is 0 Å². The highest BCUT2D eigenvalue weighted by Gasteiger charge is 2.27. The van der Waals surface area contributed by atoms with Gasteiger partial charge in [0.05, 0.1) is 12.2 Å². The van der Waals surface area contributed by atoms with Crippen LogP contribution in [0, 0.1) is 5.92 Å². The second-order valence-corrected chi connectivity index (χ2v) is 5.83. The molecule has 0 unspecified atom stereocenters. The molecule has 0 atom stereocenters. The number of hydrogen-bond donors (Lipinski definition) is 2. The Balaban J connectivity index is 1.50. The lowest BCUT2D eigenvalue weighted by Crippen LogP contribution is -2.41. The number of ether oxygens (including phenoxy) is 1. The Kier molecular flexibility index (Phi) is 5.26. The molecule has 0 radical (unpaired) electrons. The van der Waals surface area contributed by atoms with Crippen molar-refractivity contribution in [3.63, 3.8) is 0 Å². The minimum atomic E-state index is -0.451. The number of hydrogen-bond acceptors (Lipinski definition) is 3. The zero-order valence-electron chi connectivity index (χ0n) is 10.9. The predicted molar refractivity (Wildman–Crippen MR) is 69.1 cm³/mol. The average molecular weight is 241 g/mol. The summed E-state index contributed by atoms with van der Waals surface area (Å²) in [6.45, 7) is 3.33. The molecule has 2 aliphatic carbocycles. The van der Waals surface area contributed by atoms with Crippen molar-refractivity contribution < 1.29 is 9.84 Å². The Morgan fingerprint density at radius 2 is 1.82 bits per heavy atom. The smallest absolute Gasteiger partial charge is 0.0771 e. The SMILES string of the molecule is OC1(CNCCOCC2CC2)CCCCCC1. The molecule has 2 fully saturated rings. The van der Waals surface area contributed by atoms with E-state index >= 15 is 0 Å². The third kappa shape index (κ3) is 5.36. The van der Waals surface area contributed by atoms with Crippen LogP contribution in [-0.4, -0.2) is 37.0 Å². The molecule has 0 aromatic rings. The molecule has 0 heterocycles. The van der Waals surface area contributed by atoms with E-state index in [1.54, 1.807) is 0 Å². The van der Waals surface area contributed by atoms with Gasteiger partial charge in [-0.1, -0.05) is 25.7 Å². The highest BCUT2D eigenvalue weighted by molar-refractivity contribution is 4.83. The Bertz CT molecular complexity index is 208. The Labute approximate surface area is 105 Å². The lowest BCUT2D eigenvalue weighted by molar-refractivity contribution is 0.0230. The van der Waals surface area contributed by atoms with E-state index in [0.717, 1.165) is 45.1 Å². The Hall–Kier alpha value is -0.120. The first-order chi connectivity index (χ1) is 8.29. The molecule has 3 nitrogen and oxygen atoms in total. The minimum absolute atomic E-state index is 0.451. The summed E-state index contributed by atoms with van der Waals surface area (Å²) >= 11 is 0. The van der Waals surface area contributed by atoms with Gasteiger partial charge in [0, 0.05) is 19.7 Å². The Morgan fingerprint density at radius 3 is 2.47 bits per heavy atom. The van der Waals surface area contributed by atoms with E-state index in [-0.39, 0.29) is 0 Å². The molecule has 2 rings (SSSR count). The first-order valence-corrected chi connectivity index (χ1v) is 7.29. The van der Waals surface area contributed by atoms with Crippen molar-refractivity contribution in [2.45, 2.75) is 57.0 Å². The van der Waals surface area contributed by atoms with Gasteiger partial charge in [-0.15, -0.1) is 0 Å². The van der Waals surface area contributed by atoms with Gasteiger partial charge in [-0.05, 0) is 31.6 Å². The first-order valence-electron chi connectivity index (χ1n) is 7.29.